The summed E-state index contributed by atoms with van der Waals surface area (Å²) in [4.78, 5) is 23.5. The first-order chi connectivity index (χ1) is 14.4. The lowest BCUT2D eigenvalue weighted by atomic mass is 9.84. The first-order valence-electron chi connectivity index (χ1n) is 10.5. The summed E-state index contributed by atoms with van der Waals surface area (Å²) in [5, 5.41) is 14.8. The monoisotopic (exact) mass is 422 g/mol. The Kier molecular flexibility index (Phi) is 9.39. The molecule has 2 N–H and O–H groups in total. The minimum atomic E-state index is -1.82. The molecule has 1 aromatic rings. The number of benzene rings is 1. The van der Waals surface area contributed by atoms with Gasteiger partial charge in [-0.15, -0.1) is 0 Å². The summed E-state index contributed by atoms with van der Waals surface area (Å²) in [6.07, 6.45) is 5.64. The van der Waals surface area contributed by atoms with Gasteiger partial charge in [-0.3, -0.25) is 9.80 Å². The standard InChI is InChI=1S/C20H32N2O2.C2H2O4/c1-16-7-4-5-9-18(16)22-13-11-21(12-14-22)15-17-8-6-10-19(23-2)20(17)24-3;3-1(4)2(5)6/h6,8,10,16,18H,4-5,7,9,11-15H2,1-3H3;(H,3,4)(H,5,6). The lowest BCUT2D eigenvalue weighted by molar-refractivity contribution is -0.159. The zero-order valence-electron chi connectivity index (χ0n) is 18.2. The second kappa shape index (κ2) is 11.8. The summed E-state index contributed by atoms with van der Waals surface area (Å²) >= 11 is 0. The molecule has 168 valence electrons. The predicted molar refractivity (Wildman–Crippen MR) is 113 cm³/mol. The highest BCUT2D eigenvalue weighted by molar-refractivity contribution is 6.27. The normalized spacial score (nSPS) is 22.5. The van der Waals surface area contributed by atoms with Crippen molar-refractivity contribution in [3.63, 3.8) is 0 Å². The molecule has 0 aromatic heterocycles. The summed E-state index contributed by atoms with van der Waals surface area (Å²) in [7, 11) is 3.43. The number of aliphatic carboxylic acids is 2. The lowest BCUT2D eigenvalue weighted by Crippen LogP contribution is -2.52. The van der Waals surface area contributed by atoms with E-state index in [9.17, 15) is 0 Å². The molecule has 30 heavy (non-hydrogen) atoms. The summed E-state index contributed by atoms with van der Waals surface area (Å²) in [6.45, 7) is 8.06. The second-order valence-corrected chi connectivity index (χ2v) is 7.90. The fourth-order valence-corrected chi connectivity index (χ4v) is 4.41. The Morgan fingerprint density at radius 2 is 1.63 bits per heavy atom. The smallest absolute Gasteiger partial charge is 0.414 e. The molecule has 1 aliphatic carbocycles. The number of carbonyl (C=O) groups is 2. The maximum absolute atomic E-state index is 9.10. The largest absolute Gasteiger partial charge is 0.493 e. The molecule has 1 saturated heterocycles. The predicted octanol–water partition coefficient (Wildman–Crippen LogP) is 2.56. The van der Waals surface area contributed by atoms with Gasteiger partial charge >= 0.3 is 11.9 Å². The van der Waals surface area contributed by atoms with Crippen molar-refractivity contribution in [2.24, 2.45) is 5.92 Å². The van der Waals surface area contributed by atoms with Gasteiger partial charge in [0.2, 0.25) is 0 Å². The van der Waals surface area contributed by atoms with Gasteiger partial charge in [-0.25, -0.2) is 9.59 Å². The van der Waals surface area contributed by atoms with E-state index in [0.717, 1.165) is 43.1 Å². The van der Waals surface area contributed by atoms with E-state index in [1.807, 2.05) is 6.07 Å². The maximum Gasteiger partial charge on any atom is 0.414 e. The highest BCUT2D eigenvalue weighted by Gasteiger charge is 2.29. The Balaban J connectivity index is 0.000000469. The van der Waals surface area contributed by atoms with E-state index in [1.54, 1.807) is 14.2 Å². The molecule has 8 heteroatoms. The molecule has 0 radical (unpaired) electrons. The van der Waals surface area contributed by atoms with E-state index >= 15 is 0 Å². The summed E-state index contributed by atoms with van der Waals surface area (Å²) in [5.74, 6) is -1.08. The van der Waals surface area contributed by atoms with Crippen LogP contribution in [0.25, 0.3) is 0 Å². The van der Waals surface area contributed by atoms with Gasteiger partial charge in [0.15, 0.2) is 11.5 Å². The zero-order chi connectivity index (χ0) is 22.1. The van der Waals surface area contributed by atoms with Gasteiger partial charge in [-0.1, -0.05) is 31.9 Å². The number of nitrogens with zero attached hydrogens (tertiary/aromatic N) is 2. The third kappa shape index (κ3) is 6.60. The van der Waals surface area contributed by atoms with Crippen LogP contribution in [0.2, 0.25) is 0 Å². The van der Waals surface area contributed by atoms with E-state index in [-0.39, 0.29) is 0 Å². The molecule has 2 aliphatic rings. The number of hydrogen-bond acceptors (Lipinski definition) is 6. The van der Waals surface area contributed by atoms with Gasteiger partial charge in [0.25, 0.3) is 0 Å². The molecule has 1 aliphatic heterocycles. The molecule has 1 heterocycles. The molecular weight excluding hydrogens is 388 g/mol. The minimum Gasteiger partial charge on any atom is -0.493 e. The van der Waals surface area contributed by atoms with Crippen molar-refractivity contribution in [1.82, 2.24) is 9.80 Å². The Hall–Kier alpha value is -2.32. The van der Waals surface area contributed by atoms with Gasteiger partial charge in [0.05, 0.1) is 14.2 Å². The fourth-order valence-electron chi connectivity index (χ4n) is 4.41. The first-order valence-corrected chi connectivity index (χ1v) is 10.5. The molecule has 2 unspecified atom stereocenters. The van der Waals surface area contributed by atoms with Crippen LogP contribution < -0.4 is 9.47 Å². The fraction of sp³-hybridized carbons (Fsp3) is 0.636. The Morgan fingerprint density at radius 3 is 2.17 bits per heavy atom. The van der Waals surface area contributed by atoms with Crippen LogP contribution in [-0.2, 0) is 16.1 Å². The Morgan fingerprint density at radius 1 is 1.00 bits per heavy atom. The van der Waals surface area contributed by atoms with Crippen LogP contribution >= 0.6 is 0 Å². The number of methoxy groups -OCH3 is 2. The van der Waals surface area contributed by atoms with Crippen LogP contribution in [0.4, 0.5) is 0 Å². The molecule has 1 saturated carbocycles. The third-order valence-electron chi connectivity index (χ3n) is 6.00. The van der Waals surface area contributed by atoms with Crippen molar-refractivity contribution in [2.75, 3.05) is 40.4 Å². The Labute approximate surface area is 178 Å². The molecule has 0 spiro atoms. The van der Waals surface area contributed by atoms with Crippen LogP contribution in [0.15, 0.2) is 18.2 Å². The SMILES string of the molecule is COc1cccc(CN2CCN(C3CCCCC3C)CC2)c1OC.O=C(O)C(=O)O. The average Bonchev–Trinajstić information content (AvgIpc) is 2.75. The van der Waals surface area contributed by atoms with Gasteiger partial charge in [0, 0.05) is 44.3 Å². The molecule has 0 amide bonds. The van der Waals surface area contributed by atoms with E-state index in [2.05, 4.69) is 28.9 Å². The molecule has 2 fully saturated rings. The molecule has 1 aromatic carbocycles. The van der Waals surface area contributed by atoms with Crippen LogP contribution in [0.5, 0.6) is 11.5 Å². The van der Waals surface area contributed by atoms with Crippen LogP contribution in [0.3, 0.4) is 0 Å². The topological polar surface area (TPSA) is 99.5 Å². The van der Waals surface area contributed by atoms with Gasteiger partial charge in [-0.05, 0) is 24.8 Å². The number of rotatable bonds is 5. The first kappa shape index (κ1) is 24.0. The zero-order valence-corrected chi connectivity index (χ0v) is 18.2. The highest BCUT2D eigenvalue weighted by Crippen LogP contribution is 2.32. The lowest BCUT2D eigenvalue weighted by Gasteiger charge is -2.43. The molecule has 2 atom stereocenters. The van der Waals surface area contributed by atoms with E-state index in [4.69, 9.17) is 29.3 Å². The van der Waals surface area contributed by atoms with E-state index in [1.165, 1.54) is 44.3 Å². The second-order valence-electron chi connectivity index (χ2n) is 7.90. The van der Waals surface area contributed by atoms with Crippen molar-refractivity contribution in [3.05, 3.63) is 23.8 Å². The summed E-state index contributed by atoms with van der Waals surface area (Å²) in [6, 6.07) is 6.98. The molecule has 8 nitrogen and oxygen atoms in total. The number of para-hydroxylation sites is 1. The van der Waals surface area contributed by atoms with E-state index < -0.39 is 11.9 Å². The minimum absolute atomic E-state index is 0.812. The van der Waals surface area contributed by atoms with Crippen molar-refractivity contribution < 1.29 is 29.3 Å². The average molecular weight is 423 g/mol. The van der Waals surface area contributed by atoms with Crippen molar-refractivity contribution >= 4 is 11.9 Å². The summed E-state index contributed by atoms with van der Waals surface area (Å²) < 4.78 is 11.0. The number of carboxylic acid groups (broad SMARTS) is 2. The molecular formula is C22H34N2O6. The Bertz CT molecular complexity index is 691. The van der Waals surface area contributed by atoms with Crippen molar-refractivity contribution in [1.29, 1.82) is 0 Å². The van der Waals surface area contributed by atoms with E-state index in [0.29, 0.717) is 0 Å². The number of piperazine rings is 1. The number of hydrogen-bond donors (Lipinski definition) is 2. The third-order valence-corrected chi connectivity index (χ3v) is 6.00. The summed E-state index contributed by atoms with van der Waals surface area (Å²) in [5.41, 5.74) is 1.22. The van der Waals surface area contributed by atoms with Crippen LogP contribution in [0, 0.1) is 5.92 Å². The van der Waals surface area contributed by atoms with Crippen molar-refractivity contribution in [3.8, 4) is 11.5 Å². The number of ether oxygens (including phenoxy) is 2. The number of carboxylic acids is 2. The van der Waals surface area contributed by atoms with Gasteiger partial charge in [-0.2, -0.15) is 0 Å². The van der Waals surface area contributed by atoms with Crippen LogP contribution in [0.1, 0.15) is 38.2 Å². The van der Waals surface area contributed by atoms with Gasteiger partial charge < -0.3 is 19.7 Å². The molecule has 3 rings (SSSR count). The van der Waals surface area contributed by atoms with Gasteiger partial charge in [0.1, 0.15) is 0 Å². The molecule has 0 bridgehead atoms. The maximum atomic E-state index is 9.10. The van der Waals surface area contributed by atoms with Crippen molar-refractivity contribution in [2.45, 2.75) is 45.2 Å². The quantitative estimate of drug-likeness (QED) is 0.699. The highest BCUT2D eigenvalue weighted by atomic mass is 16.5. The van der Waals surface area contributed by atoms with Crippen LogP contribution in [-0.4, -0.2) is 78.4 Å².